The number of esters is 2. The topological polar surface area (TPSA) is 52.6 Å². The van der Waals surface area contributed by atoms with E-state index < -0.39 is 11.9 Å². The lowest BCUT2D eigenvalue weighted by molar-refractivity contribution is -0.129. The molecule has 0 amide bonds. The molecule has 0 spiro atoms. The van der Waals surface area contributed by atoms with E-state index in [4.69, 9.17) is 9.47 Å². The molecule has 41 heavy (non-hydrogen) atoms. The first-order valence-electron chi connectivity index (χ1n) is 12.7. The molecule has 0 N–H and O–H groups in total. The highest BCUT2D eigenvalue weighted by Crippen LogP contribution is 2.19. The summed E-state index contributed by atoms with van der Waals surface area (Å²) in [6.07, 6.45) is 13.5. The molecule has 0 heterocycles. The number of carbonyl (C=O) groups excluding carboxylic acids is 2. The van der Waals surface area contributed by atoms with Gasteiger partial charge in [0.25, 0.3) is 0 Å². The number of carbonyl (C=O) groups is 2. The zero-order valence-electron chi connectivity index (χ0n) is 22.2. The van der Waals surface area contributed by atoms with Gasteiger partial charge in [-0.2, -0.15) is 0 Å². The van der Waals surface area contributed by atoms with Crippen molar-refractivity contribution in [2.24, 2.45) is 0 Å². The van der Waals surface area contributed by atoms with Crippen molar-refractivity contribution < 1.29 is 23.5 Å². The van der Waals surface area contributed by atoms with Gasteiger partial charge >= 0.3 is 11.9 Å². The predicted octanol–water partition coefficient (Wildman–Crippen LogP) is 8.52. The molecule has 4 aromatic carbocycles. The highest BCUT2D eigenvalue weighted by Gasteiger charge is 2.02. The summed E-state index contributed by atoms with van der Waals surface area (Å²) in [5.74, 6) is -0.441. The van der Waals surface area contributed by atoms with Crippen LogP contribution in [0.3, 0.4) is 0 Å². The molecular weight excluding hydrogens is 515 g/mol. The number of benzene rings is 4. The molecule has 4 aromatic rings. The van der Waals surface area contributed by atoms with Crippen LogP contribution in [0.2, 0.25) is 0 Å². The summed E-state index contributed by atoms with van der Waals surface area (Å²) in [5.41, 5.74) is 5.02. The van der Waals surface area contributed by atoms with Gasteiger partial charge in [0.15, 0.2) is 0 Å². The lowest BCUT2D eigenvalue weighted by Crippen LogP contribution is -2.02. The number of hydrogen-bond donors (Lipinski definition) is 0. The van der Waals surface area contributed by atoms with Crippen LogP contribution in [0, 0.1) is 5.82 Å². The normalized spacial score (nSPS) is 11.1. The first-order valence-corrected chi connectivity index (χ1v) is 12.7. The Morgan fingerprint density at radius 1 is 0.512 bits per heavy atom. The molecule has 0 aliphatic rings. The summed E-state index contributed by atoms with van der Waals surface area (Å²) in [7, 11) is 0. The van der Waals surface area contributed by atoms with Crippen LogP contribution < -0.4 is 9.47 Å². The Labute approximate surface area is 238 Å². The number of rotatable bonds is 10. The van der Waals surface area contributed by atoms with Crippen LogP contribution in [-0.4, -0.2) is 11.9 Å². The van der Waals surface area contributed by atoms with Crippen molar-refractivity contribution in [1.29, 1.82) is 0 Å². The van der Waals surface area contributed by atoms with E-state index in [-0.39, 0.29) is 5.82 Å². The highest BCUT2D eigenvalue weighted by atomic mass is 19.1. The van der Waals surface area contributed by atoms with Crippen molar-refractivity contribution in [2.75, 3.05) is 0 Å². The standard InChI is InChI=1S/C36H27FO4/c1-3-35(38)40-32-21-15-28(16-22-32)10-7-26-5-8-27(9-6-26)13-19-31-20-14-30(25-34(31)37)12-11-29-17-23-33(24-18-29)41-36(39)4-2/h3-25H,1-2H2. The van der Waals surface area contributed by atoms with E-state index in [0.29, 0.717) is 17.1 Å². The van der Waals surface area contributed by atoms with E-state index >= 15 is 0 Å². The zero-order valence-corrected chi connectivity index (χ0v) is 22.2. The molecule has 0 saturated heterocycles. The summed E-state index contributed by atoms with van der Waals surface area (Å²) in [6, 6.07) is 27.1. The molecule has 0 aliphatic carbocycles. The summed E-state index contributed by atoms with van der Waals surface area (Å²) < 4.78 is 24.9. The van der Waals surface area contributed by atoms with Crippen LogP contribution in [0.5, 0.6) is 11.5 Å². The monoisotopic (exact) mass is 542 g/mol. The first-order chi connectivity index (χ1) is 19.9. The van der Waals surface area contributed by atoms with Gasteiger partial charge in [-0.1, -0.05) is 110 Å². The van der Waals surface area contributed by atoms with Gasteiger partial charge in [0, 0.05) is 17.7 Å². The van der Waals surface area contributed by atoms with E-state index in [9.17, 15) is 14.0 Å². The maximum atomic E-state index is 14.7. The zero-order chi connectivity index (χ0) is 29.0. The Bertz CT molecular complexity index is 1630. The van der Waals surface area contributed by atoms with Crippen molar-refractivity contribution in [3.8, 4) is 11.5 Å². The second-order valence-electron chi connectivity index (χ2n) is 8.84. The van der Waals surface area contributed by atoms with E-state index in [1.54, 1.807) is 48.5 Å². The first kappa shape index (κ1) is 28.5. The van der Waals surface area contributed by atoms with Gasteiger partial charge in [0.1, 0.15) is 17.3 Å². The van der Waals surface area contributed by atoms with Crippen molar-refractivity contribution in [3.63, 3.8) is 0 Å². The van der Waals surface area contributed by atoms with Crippen molar-refractivity contribution >= 4 is 48.4 Å². The molecule has 4 rings (SSSR count). The van der Waals surface area contributed by atoms with E-state index in [1.807, 2.05) is 72.8 Å². The molecule has 4 nitrogen and oxygen atoms in total. The van der Waals surface area contributed by atoms with E-state index in [1.165, 1.54) is 6.07 Å². The molecule has 0 saturated carbocycles. The van der Waals surface area contributed by atoms with Gasteiger partial charge in [-0.05, 0) is 58.1 Å². The summed E-state index contributed by atoms with van der Waals surface area (Å²) in [5, 5.41) is 0. The molecule has 5 heteroatoms. The van der Waals surface area contributed by atoms with Gasteiger partial charge < -0.3 is 9.47 Å². The molecule has 0 radical (unpaired) electrons. The third kappa shape index (κ3) is 8.73. The van der Waals surface area contributed by atoms with Crippen LogP contribution >= 0.6 is 0 Å². The Kier molecular flexibility index (Phi) is 9.73. The van der Waals surface area contributed by atoms with Crippen molar-refractivity contribution in [3.05, 3.63) is 156 Å². The molecule has 0 aliphatic heterocycles. The lowest BCUT2D eigenvalue weighted by atomic mass is 10.1. The molecular formula is C36H27FO4. The van der Waals surface area contributed by atoms with Crippen LogP contribution in [-0.2, 0) is 9.59 Å². The summed E-state index contributed by atoms with van der Waals surface area (Å²) >= 11 is 0. The maximum Gasteiger partial charge on any atom is 0.335 e. The fourth-order valence-electron chi connectivity index (χ4n) is 3.68. The minimum atomic E-state index is -0.516. The van der Waals surface area contributed by atoms with Crippen LogP contribution in [0.25, 0.3) is 36.5 Å². The fourth-order valence-corrected chi connectivity index (χ4v) is 3.68. The third-order valence-corrected chi connectivity index (χ3v) is 5.88. The molecule has 0 bridgehead atoms. The molecule has 0 fully saturated rings. The predicted molar refractivity (Wildman–Crippen MR) is 164 cm³/mol. The average Bonchev–Trinajstić information content (AvgIpc) is 3.00. The number of halogens is 1. The SMILES string of the molecule is C=CC(=O)Oc1ccc(C=Cc2ccc(C=Cc3ccc(C=Cc4ccc(OC(=O)C=C)cc4)cc3F)cc2)cc1. The number of hydrogen-bond acceptors (Lipinski definition) is 4. The van der Waals surface area contributed by atoms with E-state index in [2.05, 4.69) is 13.2 Å². The highest BCUT2D eigenvalue weighted by molar-refractivity contribution is 5.84. The quantitative estimate of drug-likeness (QED) is 0.0872. The van der Waals surface area contributed by atoms with Crippen LogP contribution in [0.15, 0.2) is 116 Å². The van der Waals surface area contributed by atoms with Gasteiger partial charge in [-0.15, -0.1) is 0 Å². The van der Waals surface area contributed by atoms with Gasteiger partial charge in [0.05, 0.1) is 0 Å². The minimum Gasteiger partial charge on any atom is -0.423 e. The largest absolute Gasteiger partial charge is 0.423 e. The Balaban J connectivity index is 1.33. The second-order valence-corrected chi connectivity index (χ2v) is 8.84. The van der Waals surface area contributed by atoms with Crippen molar-refractivity contribution in [2.45, 2.75) is 0 Å². The maximum absolute atomic E-state index is 14.7. The Morgan fingerprint density at radius 2 is 0.854 bits per heavy atom. The van der Waals surface area contributed by atoms with Crippen LogP contribution in [0.4, 0.5) is 4.39 Å². The lowest BCUT2D eigenvalue weighted by Gasteiger charge is -2.02. The third-order valence-electron chi connectivity index (χ3n) is 5.88. The van der Waals surface area contributed by atoms with Crippen molar-refractivity contribution in [1.82, 2.24) is 0 Å². The van der Waals surface area contributed by atoms with Gasteiger partial charge in [0.2, 0.25) is 0 Å². The smallest absolute Gasteiger partial charge is 0.335 e. The fraction of sp³-hybridized carbons (Fsp3) is 0. The Morgan fingerprint density at radius 3 is 1.24 bits per heavy atom. The Hall–Kier alpha value is -5.55. The van der Waals surface area contributed by atoms with Gasteiger partial charge in [-0.25, -0.2) is 14.0 Å². The van der Waals surface area contributed by atoms with Gasteiger partial charge in [-0.3, -0.25) is 0 Å². The summed E-state index contributed by atoms with van der Waals surface area (Å²) in [6.45, 7) is 6.75. The van der Waals surface area contributed by atoms with Crippen LogP contribution in [0.1, 0.15) is 33.4 Å². The second kappa shape index (κ2) is 14.0. The summed E-state index contributed by atoms with van der Waals surface area (Å²) in [4.78, 5) is 22.5. The number of ether oxygens (including phenoxy) is 2. The van der Waals surface area contributed by atoms with E-state index in [0.717, 1.165) is 40.0 Å². The molecule has 0 unspecified atom stereocenters. The average molecular weight is 543 g/mol. The molecule has 0 atom stereocenters. The molecule has 202 valence electrons. The minimum absolute atomic E-state index is 0.320. The molecule has 0 aromatic heterocycles.